The zero-order valence-electron chi connectivity index (χ0n) is 22.9. The molecule has 0 saturated carbocycles. The van der Waals surface area contributed by atoms with Gasteiger partial charge in [-0.2, -0.15) is 0 Å². The van der Waals surface area contributed by atoms with Crippen LogP contribution in [0.2, 0.25) is 5.02 Å². The number of rotatable bonds is 12. The van der Waals surface area contributed by atoms with Crippen molar-refractivity contribution < 1.29 is 52.5 Å². The quantitative estimate of drug-likeness (QED) is 0.252. The summed E-state index contributed by atoms with van der Waals surface area (Å²) in [7, 11) is 0. The predicted molar refractivity (Wildman–Crippen MR) is 142 cm³/mol. The van der Waals surface area contributed by atoms with Crippen LogP contribution in [0.3, 0.4) is 0 Å². The second-order valence-electron chi connectivity index (χ2n) is 8.38. The van der Waals surface area contributed by atoms with Gasteiger partial charge < -0.3 is 23.7 Å². The van der Waals surface area contributed by atoms with Crippen LogP contribution >= 0.6 is 22.9 Å². The molecule has 0 spiro atoms. The number of hydrogen-bond acceptors (Lipinski definition) is 14. The first kappa shape index (κ1) is 33.1. The van der Waals surface area contributed by atoms with Crippen molar-refractivity contribution in [3.8, 4) is 0 Å². The standard InChI is InChI=1S/C25H28ClN3O11S/c1-12(30)29(19-9-7-18(26)8-10-19)25-28-27-24(41-25)23(40-17(6)35)22(39-16(5)34)21(38-15(4)33)20(37-14(3)32)11-36-13(2)31/h7-10,20-23H,11H2,1-6H3. The summed E-state index contributed by atoms with van der Waals surface area (Å²) in [5, 5.41) is 8.50. The van der Waals surface area contributed by atoms with Gasteiger partial charge in [0.05, 0.1) is 5.69 Å². The van der Waals surface area contributed by atoms with E-state index in [0.29, 0.717) is 10.7 Å². The highest BCUT2D eigenvalue weighted by Crippen LogP contribution is 2.36. The van der Waals surface area contributed by atoms with E-state index in [1.807, 2.05) is 0 Å². The minimum Gasteiger partial charge on any atom is -0.462 e. The number of carbonyl (C=O) groups is 6. The summed E-state index contributed by atoms with van der Waals surface area (Å²) in [5.41, 5.74) is 0.402. The van der Waals surface area contributed by atoms with E-state index in [2.05, 4.69) is 10.2 Å². The Labute approximate surface area is 243 Å². The number of hydrogen-bond donors (Lipinski definition) is 0. The van der Waals surface area contributed by atoms with Crippen LogP contribution < -0.4 is 4.90 Å². The highest BCUT2D eigenvalue weighted by atomic mass is 35.5. The first-order chi connectivity index (χ1) is 19.2. The second kappa shape index (κ2) is 15.0. The molecular formula is C25H28ClN3O11S. The molecular weight excluding hydrogens is 586 g/mol. The summed E-state index contributed by atoms with van der Waals surface area (Å²) < 4.78 is 26.5. The molecule has 0 aliphatic heterocycles. The molecule has 4 atom stereocenters. The molecule has 1 heterocycles. The number of aromatic nitrogens is 2. The average Bonchev–Trinajstić information content (AvgIpc) is 3.32. The van der Waals surface area contributed by atoms with E-state index in [9.17, 15) is 28.8 Å². The first-order valence-corrected chi connectivity index (χ1v) is 13.1. The third-order valence-electron chi connectivity index (χ3n) is 4.92. The molecule has 0 radical (unpaired) electrons. The van der Waals surface area contributed by atoms with Crippen molar-refractivity contribution in [2.45, 2.75) is 66.0 Å². The minimum absolute atomic E-state index is 0.0500. The van der Waals surface area contributed by atoms with Crippen LogP contribution in [0, 0.1) is 0 Å². The number of esters is 5. The van der Waals surface area contributed by atoms with Gasteiger partial charge in [0.2, 0.25) is 11.0 Å². The fraction of sp³-hybridized carbons (Fsp3) is 0.440. The Bertz CT molecular complexity index is 1280. The fourth-order valence-electron chi connectivity index (χ4n) is 3.53. The maximum atomic E-state index is 12.5. The molecule has 4 unspecified atom stereocenters. The van der Waals surface area contributed by atoms with E-state index in [1.165, 1.54) is 11.8 Å². The van der Waals surface area contributed by atoms with Gasteiger partial charge in [-0.15, -0.1) is 10.2 Å². The van der Waals surface area contributed by atoms with Crippen molar-refractivity contribution in [1.82, 2.24) is 10.2 Å². The van der Waals surface area contributed by atoms with E-state index < -0.39 is 66.8 Å². The van der Waals surface area contributed by atoms with Crippen LogP contribution in [0.4, 0.5) is 10.8 Å². The number of carbonyl (C=O) groups excluding carboxylic acids is 6. The summed E-state index contributed by atoms with van der Waals surface area (Å²) in [6, 6.07) is 6.28. The molecule has 222 valence electrons. The van der Waals surface area contributed by atoms with Gasteiger partial charge in [-0.3, -0.25) is 33.7 Å². The van der Waals surface area contributed by atoms with Crippen molar-refractivity contribution in [2.75, 3.05) is 11.5 Å². The van der Waals surface area contributed by atoms with Gasteiger partial charge >= 0.3 is 29.8 Å². The predicted octanol–water partition coefficient (Wildman–Crippen LogP) is 2.84. The molecule has 2 rings (SSSR count). The summed E-state index contributed by atoms with van der Waals surface area (Å²) >= 11 is 6.76. The van der Waals surface area contributed by atoms with E-state index >= 15 is 0 Å². The lowest BCUT2D eigenvalue weighted by Gasteiger charge is -2.34. The maximum Gasteiger partial charge on any atom is 0.303 e. The van der Waals surface area contributed by atoms with Crippen LogP contribution in [-0.4, -0.2) is 70.9 Å². The highest BCUT2D eigenvalue weighted by molar-refractivity contribution is 7.15. The molecule has 2 aromatic rings. The Morgan fingerprint density at radius 1 is 0.756 bits per heavy atom. The van der Waals surface area contributed by atoms with Crippen LogP contribution in [-0.2, 0) is 52.5 Å². The molecule has 0 bridgehead atoms. The Morgan fingerprint density at radius 2 is 1.29 bits per heavy atom. The van der Waals surface area contributed by atoms with Gasteiger partial charge in [-0.05, 0) is 24.3 Å². The number of ether oxygens (including phenoxy) is 5. The molecule has 1 amide bonds. The zero-order valence-corrected chi connectivity index (χ0v) is 24.5. The van der Waals surface area contributed by atoms with Gasteiger partial charge in [-0.1, -0.05) is 22.9 Å². The van der Waals surface area contributed by atoms with E-state index in [1.54, 1.807) is 24.3 Å². The van der Waals surface area contributed by atoms with E-state index in [0.717, 1.165) is 46.0 Å². The molecule has 1 aromatic carbocycles. The van der Waals surface area contributed by atoms with Crippen molar-refractivity contribution in [3.63, 3.8) is 0 Å². The lowest BCUT2D eigenvalue weighted by molar-refractivity contribution is -0.203. The second-order valence-corrected chi connectivity index (χ2v) is 9.81. The monoisotopic (exact) mass is 613 g/mol. The lowest BCUT2D eigenvalue weighted by Crippen LogP contribution is -2.50. The summed E-state index contributed by atoms with van der Waals surface area (Å²) in [6.07, 6.45) is -6.42. The van der Waals surface area contributed by atoms with Crippen molar-refractivity contribution >= 4 is 69.5 Å². The Balaban J connectivity index is 2.67. The Morgan fingerprint density at radius 3 is 1.78 bits per heavy atom. The lowest BCUT2D eigenvalue weighted by atomic mass is 10.0. The summed E-state index contributed by atoms with van der Waals surface area (Å²) in [5.74, 6) is -4.67. The maximum absolute atomic E-state index is 12.5. The molecule has 0 aliphatic carbocycles. The topological polar surface area (TPSA) is 178 Å². The summed E-state index contributed by atoms with van der Waals surface area (Å²) in [4.78, 5) is 73.6. The minimum atomic E-state index is -1.68. The molecule has 0 N–H and O–H groups in total. The van der Waals surface area contributed by atoms with Gasteiger partial charge in [-0.25, -0.2) is 0 Å². The van der Waals surface area contributed by atoms with Crippen molar-refractivity contribution in [2.24, 2.45) is 0 Å². The molecule has 16 heteroatoms. The van der Waals surface area contributed by atoms with Crippen LogP contribution in [0.25, 0.3) is 0 Å². The molecule has 0 saturated heterocycles. The highest BCUT2D eigenvalue weighted by Gasteiger charge is 2.46. The molecule has 1 aromatic heterocycles. The Kier molecular flexibility index (Phi) is 12.1. The van der Waals surface area contributed by atoms with Crippen molar-refractivity contribution in [3.05, 3.63) is 34.3 Å². The van der Waals surface area contributed by atoms with Crippen LogP contribution in [0.1, 0.15) is 52.7 Å². The smallest absolute Gasteiger partial charge is 0.303 e. The van der Waals surface area contributed by atoms with Gasteiger partial charge in [0.25, 0.3) is 0 Å². The van der Waals surface area contributed by atoms with Crippen LogP contribution in [0.5, 0.6) is 0 Å². The number of nitrogens with zero attached hydrogens (tertiary/aromatic N) is 3. The third kappa shape index (κ3) is 10.1. The molecule has 0 fully saturated rings. The largest absolute Gasteiger partial charge is 0.462 e. The van der Waals surface area contributed by atoms with Gasteiger partial charge in [0, 0.05) is 46.6 Å². The third-order valence-corrected chi connectivity index (χ3v) is 6.14. The van der Waals surface area contributed by atoms with Crippen LogP contribution in [0.15, 0.2) is 24.3 Å². The summed E-state index contributed by atoms with van der Waals surface area (Å²) in [6.45, 7) is 5.98. The average molecular weight is 614 g/mol. The number of amides is 1. The van der Waals surface area contributed by atoms with Crippen molar-refractivity contribution in [1.29, 1.82) is 0 Å². The number of anilines is 2. The first-order valence-electron chi connectivity index (χ1n) is 11.9. The SMILES string of the molecule is CC(=O)OCC(OC(C)=O)C(OC(C)=O)C(OC(C)=O)C(OC(C)=O)c1nnc(N(C(C)=O)c2ccc(Cl)cc2)s1. The zero-order chi connectivity index (χ0) is 30.9. The molecule has 41 heavy (non-hydrogen) atoms. The Hall–Kier alpha value is -4.11. The van der Waals surface area contributed by atoms with E-state index in [4.69, 9.17) is 35.3 Å². The number of benzene rings is 1. The normalized spacial score (nSPS) is 13.5. The van der Waals surface area contributed by atoms with Gasteiger partial charge in [0.15, 0.2) is 29.4 Å². The molecule has 0 aliphatic rings. The van der Waals surface area contributed by atoms with Gasteiger partial charge in [0.1, 0.15) is 6.61 Å². The number of halogens is 1. The molecule has 14 nitrogen and oxygen atoms in total. The van der Waals surface area contributed by atoms with E-state index in [-0.39, 0.29) is 10.1 Å². The fourth-order valence-corrected chi connectivity index (χ4v) is 4.63.